The van der Waals surface area contributed by atoms with E-state index in [2.05, 4.69) is 237 Å². The van der Waals surface area contributed by atoms with Crippen LogP contribution in [0.3, 0.4) is 0 Å². The summed E-state index contributed by atoms with van der Waals surface area (Å²) >= 11 is 0. The molecule has 294 valence electrons. The molecule has 1 heterocycles. The highest BCUT2D eigenvalue weighted by Gasteiger charge is 2.20. The molecule has 1 nitrogen and oxygen atoms in total. The molecule has 11 aromatic carbocycles. The van der Waals surface area contributed by atoms with E-state index in [9.17, 15) is 0 Å². The molecule has 0 unspecified atom stereocenters. The molecule has 0 aliphatic carbocycles. The van der Waals surface area contributed by atoms with Gasteiger partial charge in [0.1, 0.15) is 11.3 Å². The van der Waals surface area contributed by atoms with Gasteiger partial charge in [0.25, 0.3) is 0 Å². The van der Waals surface area contributed by atoms with E-state index in [-0.39, 0.29) is 0 Å². The zero-order chi connectivity index (χ0) is 41.7. The number of hydrogen-bond acceptors (Lipinski definition) is 1. The average Bonchev–Trinajstić information content (AvgIpc) is 3.75. The summed E-state index contributed by atoms with van der Waals surface area (Å²) in [4.78, 5) is 0. The highest BCUT2D eigenvalue weighted by atomic mass is 16.3. The third-order valence-electron chi connectivity index (χ3n) is 12.7. The third kappa shape index (κ3) is 6.50. The molecule has 0 saturated carbocycles. The number of furan rings is 1. The molecular formula is C62H40O. The standard InChI is InChI=1S/C62H40O/c1-4-15-41(16-5-1)50-33-35-55-56(39-50)59(53-25-12-13-26-54(53)60(55)52-24-14-23-48(38-52)49-32-29-42-17-10-11-22-47(42)37-49)45-30-27-43(28-31-45)51-34-36-58-57(40-51)61(44-18-6-2-7-19-44)62(63-58)46-20-8-3-9-21-46/h1-40H. The summed E-state index contributed by atoms with van der Waals surface area (Å²) < 4.78 is 6.62. The van der Waals surface area contributed by atoms with Gasteiger partial charge in [-0.2, -0.15) is 0 Å². The van der Waals surface area contributed by atoms with Gasteiger partial charge in [0.05, 0.1) is 0 Å². The summed E-state index contributed by atoms with van der Waals surface area (Å²) in [7, 11) is 0. The monoisotopic (exact) mass is 800 g/mol. The molecule has 0 saturated heterocycles. The maximum atomic E-state index is 6.62. The number of hydrogen-bond donors (Lipinski definition) is 0. The summed E-state index contributed by atoms with van der Waals surface area (Å²) in [6.07, 6.45) is 0. The minimum atomic E-state index is 0.878. The predicted octanol–water partition coefficient (Wildman–Crippen LogP) is 17.6. The van der Waals surface area contributed by atoms with Gasteiger partial charge in [-0.3, -0.25) is 0 Å². The van der Waals surface area contributed by atoms with Crippen LogP contribution >= 0.6 is 0 Å². The van der Waals surface area contributed by atoms with Crippen molar-refractivity contribution in [2.45, 2.75) is 0 Å². The highest BCUT2D eigenvalue weighted by Crippen LogP contribution is 2.47. The number of fused-ring (bicyclic) bond motifs is 4. The first-order valence-electron chi connectivity index (χ1n) is 21.7. The van der Waals surface area contributed by atoms with Crippen LogP contribution < -0.4 is 0 Å². The van der Waals surface area contributed by atoms with E-state index in [1.54, 1.807) is 0 Å². The minimum Gasteiger partial charge on any atom is -0.455 e. The Morgan fingerprint density at radius 3 is 1.38 bits per heavy atom. The molecule has 0 aliphatic rings. The third-order valence-corrected chi connectivity index (χ3v) is 12.7. The normalized spacial score (nSPS) is 11.5. The van der Waals surface area contributed by atoms with Crippen molar-refractivity contribution in [1.29, 1.82) is 0 Å². The molecule has 0 fully saturated rings. The van der Waals surface area contributed by atoms with Crippen molar-refractivity contribution in [2.75, 3.05) is 0 Å². The molecule has 12 rings (SSSR count). The van der Waals surface area contributed by atoms with Crippen LogP contribution in [-0.2, 0) is 0 Å². The lowest BCUT2D eigenvalue weighted by Crippen LogP contribution is -1.92. The summed E-state index contributed by atoms with van der Waals surface area (Å²) in [5, 5.41) is 8.53. The van der Waals surface area contributed by atoms with Crippen LogP contribution in [0.25, 0.3) is 121 Å². The topological polar surface area (TPSA) is 13.1 Å². The molecule has 1 heteroatoms. The molecule has 0 amide bonds. The van der Waals surface area contributed by atoms with Gasteiger partial charge in [-0.05, 0) is 124 Å². The van der Waals surface area contributed by atoms with Gasteiger partial charge in [0.15, 0.2) is 0 Å². The molecule has 0 aliphatic heterocycles. The molecule has 0 N–H and O–H groups in total. The second-order valence-electron chi connectivity index (χ2n) is 16.4. The summed E-state index contributed by atoms with van der Waals surface area (Å²) in [5.41, 5.74) is 16.2. The quantitative estimate of drug-likeness (QED) is 0.146. The van der Waals surface area contributed by atoms with Crippen LogP contribution in [0.15, 0.2) is 247 Å². The van der Waals surface area contributed by atoms with Crippen molar-refractivity contribution in [3.05, 3.63) is 243 Å². The van der Waals surface area contributed by atoms with Gasteiger partial charge in [0.2, 0.25) is 0 Å². The van der Waals surface area contributed by atoms with Crippen LogP contribution in [0.4, 0.5) is 0 Å². The first-order valence-corrected chi connectivity index (χ1v) is 21.7. The fourth-order valence-electron chi connectivity index (χ4n) is 9.62. The number of benzene rings is 11. The summed E-state index contributed by atoms with van der Waals surface area (Å²) in [5.74, 6) is 0.891. The van der Waals surface area contributed by atoms with Gasteiger partial charge in [0, 0.05) is 16.5 Å². The van der Waals surface area contributed by atoms with Gasteiger partial charge in [-0.1, -0.05) is 212 Å². The lowest BCUT2D eigenvalue weighted by atomic mass is 9.84. The molecule has 0 spiro atoms. The molecule has 0 radical (unpaired) electrons. The Kier molecular flexibility index (Phi) is 8.90. The van der Waals surface area contributed by atoms with E-state index in [1.807, 2.05) is 6.07 Å². The van der Waals surface area contributed by atoms with E-state index in [0.29, 0.717) is 0 Å². The van der Waals surface area contributed by atoms with Crippen LogP contribution in [0.2, 0.25) is 0 Å². The Hall–Kier alpha value is -8.26. The van der Waals surface area contributed by atoms with Crippen LogP contribution in [0.5, 0.6) is 0 Å². The zero-order valence-electron chi connectivity index (χ0n) is 34.5. The summed E-state index contributed by atoms with van der Waals surface area (Å²) in [6.45, 7) is 0. The maximum absolute atomic E-state index is 6.62. The molecule has 0 bridgehead atoms. The van der Waals surface area contributed by atoms with Gasteiger partial charge < -0.3 is 4.42 Å². The van der Waals surface area contributed by atoms with Crippen molar-refractivity contribution in [2.24, 2.45) is 0 Å². The molecule has 1 aromatic heterocycles. The predicted molar refractivity (Wildman–Crippen MR) is 267 cm³/mol. The second-order valence-corrected chi connectivity index (χ2v) is 16.4. The van der Waals surface area contributed by atoms with Crippen molar-refractivity contribution < 1.29 is 4.42 Å². The van der Waals surface area contributed by atoms with Crippen molar-refractivity contribution >= 4 is 43.3 Å². The lowest BCUT2D eigenvalue weighted by Gasteiger charge is -2.19. The Bertz CT molecular complexity index is 3640. The average molecular weight is 801 g/mol. The smallest absolute Gasteiger partial charge is 0.143 e. The molecule has 0 atom stereocenters. The Labute approximate surface area is 366 Å². The van der Waals surface area contributed by atoms with E-state index in [4.69, 9.17) is 4.42 Å². The maximum Gasteiger partial charge on any atom is 0.143 e. The largest absolute Gasteiger partial charge is 0.455 e. The van der Waals surface area contributed by atoms with E-state index >= 15 is 0 Å². The zero-order valence-corrected chi connectivity index (χ0v) is 34.5. The first-order chi connectivity index (χ1) is 31.2. The van der Waals surface area contributed by atoms with Gasteiger partial charge >= 0.3 is 0 Å². The second kappa shape index (κ2) is 15.3. The Balaban J connectivity index is 1.02. The number of rotatable bonds is 7. The van der Waals surface area contributed by atoms with Gasteiger partial charge in [-0.25, -0.2) is 0 Å². The van der Waals surface area contributed by atoms with Crippen LogP contribution in [0.1, 0.15) is 0 Å². The highest BCUT2D eigenvalue weighted by molar-refractivity contribution is 6.22. The van der Waals surface area contributed by atoms with Gasteiger partial charge in [-0.15, -0.1) is 0 Å². The first kappa shape index (κ1) is 36.6. The van der Waals surface area contributed by atoms with E-state index < -0.39 is 0 Å². The minimum absolute atomic E-state index is 0.878. The SMILES string of the molecule is c1ccc(-c2ccc3c(-c4cccc(-c5ccc6ccccc6c5)c4)c4ccccc4c(-c4ccc(-c5ccc6oc(-c7ccccc7)c(-c7ccccc7)c6c5)cc4)c3c2)cc1. The Morgan fingerprint density at radius 1 is 0.206 bits per heavy atom. The Morgan fingerprint density at radius 2 is 0.651 bits per heavy atom. The van der Waals surface area contributed by atoms with Crippen LogP contribution in [-0.4, -0.2) is 0 Å². The molecular weight excluding hydrogens is 761 g/mol. The van der Waals surface area contributed by atoms with E-state index in [0.717, 1.165) is 44.5 Å². The van der Waals surface area contributed by atoms with Crippen molar-refractivity contribution in [1.82, 2.24) is 0 Å². The van der Waals surface area contributed by atoms with Crippen LogP contribution in [0, 0.1) is 0 Å². The van der Waals surface area contributed by atoms with Crippen molar-refractivity contribution in [3.63, 3.8) is 0 Å². The van der Waals surface area contributed by atoms with E-state index in [1.165, 1.54) is 76.8 Å². The fourth-order valence-corrected chi connectivity index (χ4v) is 9.62. The fraction of sp³-hybridized carbons (Fsp3) is 0. The molecule has 12 aromatic rings. The van der Waals surface area contributed by atoms with Crippen molar-refractivity contribution in [3.8, 4) is 78.1 Å². The lowest BCUT2D eigenvalue weighted by molar-refractivity contribution is 0.632. The summed E-state index contributed by atoms with van der Waals surface area (Å²) in [6, 6.07) is 87.9. The molecule has 63 heavy (non-hydrogen) atoms.